The minimum atomic E-state index is -3.73. The number of hydrogen-bond acceptors (Lipinski definition) is 7. The van der Waals surface area contributed by atoms with Gasteiger partial charge in [-0.3, -0.25) is 4.79 Å². The van der Waals surface area contributed by atoms with E-state index in [1.807, 2.05) is 4.90 Å². The van der Waals surface area contributed by atoms with E-state index in [2.05, 4.69) is 5.32 Å². The first kappa shape index (κ1) is 24.4. The van der Waals surface area contributed by atoms with Crippen molar-refractivity contribution in [1.82, 2.24) is 4.31 Å². The summed E-state index contributed by atoms with van der Waals surface area (Å²) in [4.78, 5) is 14.8. The van der Waals surface area contributed by atoms with Gasteiger partial charge in [-0.25, -0.2) is 12.8 Å². The zero-order chi connectivity index (χ0) is 24.0. The van der Waals surface area contributed by atoms with E-state index in [9.17, 15) is 17.6 Å². The average Bonchev–Trinajstić information content (AvgIpc) is 2.85. The summed E-state index contributed by atoms with van der Waals surface area (Å²) in [6.07, 6.45) is 0.0134. The van der Waals surface area contributed by atoms with Crippen molar-refractivity contribution in [3.63, 3.8) is 0 Å². The van der Waals surface area contributed by atoms with Gasteiger partial charge in [0.15, 0.2) is 0 Å². The lowest BCUT2D eigenvalue weighted by Gasteiger charge is -2.31. The highest BCUT2D eigenvalue weighted by molar-refractivity contribution is 7.89. The van der Waals surface area contributed by atoms with E-state index in [4.69, 9.17) is 14.2 Å². The van der Waals surface area contributed by atoms with Crippen LogP contribution in [-0.2, 0) is 24.3 Å². The van der Waals surface area contributed by atoms with E-state index < -0.39 is 15.8 Å². The third-order valence-corrected chi connectivity index (χ3v) is 7.49. The number of morpholine rings is 2. The van der Waals surface area contributed by atoms with Gasteiger partial charge in [-0.2, -0.15) is 4.31 Å². The molecular weight excluding hydrogens is 465 g/mol. The first-order valence-corrected chi connectivity index (χ1v) is 12.6. The monoisotopic (exact) mass is 493 g/mol. The van der Waals surface area contributed by atoms with Crippen molar-refractivity contribution >= 4 is 27.3 Å². The number of benzene rings is 2. The summed E-state index contributed by atoms with van der Waals surface area (Å²) in [5.41, 5.74) is 1.13. The number of nitrogens with one attached hydrogen (secondary N) is 1. The molecule has 9 nitrogen and oxygen atoms in total. The quantitative estimate of drug-likeness (QED) is 0.602. The summed E-state index contributed by atoms with van der Waals surface area (Å²) in [6.45, 7) is 3.65. The summed E-state index contributed by atoms with van der Waals surface area (Å²) < 4.78 is 57.1. The smallest absolute Gasteiger partial charge is 0.243 e. The van der Waals surface area contributed by atoms with Crippen molar-refractivity contribution in [2.45, 2.75) is 11.3 Å². The van der Waals surface area contributed by atoms with Crippen LogP contribution in [0.25, 0.3) is 0 Å². The Labute approximate surface area is 198 Å². The molecule has 184 valence electrons. The molecule has 0 spiro atoms. The summed E-state index contributed by atoms with van der Waals surface area (Å²) >= 11 is 0. The van der Waals surface area contributed by atoms with Gasteiger partial charge in [0.25, 0.3) is 0 Å². The van der Waals surface area contributed by atoms with Crippen LogP contribution in [0.1, 0.15) is 6.42 Å². The second-order valence-corrected chi connectivity index (χ2v) is 9.84. The summed E-state index contributed by atoms with van der Waals surface area (Å²) in [5, 5.41) is 2.84. The highest BCUT2D eigenvalue weighted by atomic mass is 32.2. The molecule has 2 aliphatic heterocycles. The first-order valence-electron chi connectivity index (χ1n) is 11.2. The number of rotatable bonds is 8. The number of carbonyl (C=O) groups excluding carboxylic acids is 1. The molecule has 11 heteroatoms. The molecule has 0 atom stereocenters. The summed E-state index contributed by atoms with van der Waals surface area (Å²) in [7, 11) is -3.73. The predicted molar refractivity (Wildman–Crippen MR) is 124 cm³/mol. The number of ether oxygens (including phenoxy) is 3. The lowest BCUT2D eigenvalue weighted by atomic mass is 10.2. The van der Waals surface area contributed by atoms with E-state index in [0.29, 0.717) is 51.0 Å². The molecule has 0 aliphatic carbocycles. The third kappa shape index (κ3) is 6.03. The Morgan fingerprint density at radius 2 is 1.71 bits per heavy atom. The SMILES string of the molecule is O=C(CCOc1cccc(F)c1)Nc1cc(S(=O)(=O)N2CCOCC2)ccc1N1CCOCC1. The van der Waals surface area contributed by atoms with Crippen LogP contribution in [0.2, 0.25) is 0 Å². The minimum Gasteiger partial charge on any atom is -0.493 e. The van der Waals surface area contributed by atoms with Gasteiger partial charge in [0, 0.05) is 32.2 Å². The molecule has 2 aromatic carbocycles. The van der Waals surface area contributed by atoms with Gasteiger partial charge < -0.3 is 24.4 Å². The zero-order valence-electron chi connectivity index (χ0n) is 18.7. The molecule has 0 radical (unpaired) electrons. The lowest BCUT2D eigenvalue weighted by molar-refractivity contribution is -0.116. The molecular formula is C23H28FN3O6S. The number of anilines is 2. The van der Waals surface area contributed by atoms with E-state index in [1.165, 1.54) is 28.6 Å². The molecule has 2 fully saturated rings. The van der Waals surface area contributed by atoms with Crippen molar-refractivity contribution in [1.29, 1.82) is 0 Å². The van der Waals surface area contributed by atoms with Crippen LogP contribution in [-0.4, -0.2) is 77.8 Å². The van der Waals surface area contributed by atoms with E-state index in [0.717, 1.165) is 5.69 Å². The largest absolute Gasteiger partial charge is 0.493 e. The Balaban J connectivity index is 1.50. The fourth-order valence-corrected chi connectivity index (χ4v) is 5.26. The van der Waals surface area contributed by atoms with Crippen LogP contribution in [0.15, 0.2) is 47.4 Å². The molecule has 34 heavy (non-hydrogen) atoms. The third-order valence-electron chi connectivity index (χ3n) is 5.60. The molecule has 1 N–H and O–H groups in total. The fourth-order valence-electron chi connectivity index (χ4n) is 3.82. The second kappa shape index (κ2) is 11.1. The van der Waals surface area contributed by atoms with Gasteiger partial charge in [-0.05, 0) is 30.3 Å². The van der Waals surface area contributed by atoms with E-state index in [1.54, 1.807) is 18.2 Å². The Hall–Kier alpha value is -2.73. The van der Waals surface area contributed by atoms with E-state index >= 15 is 0 Å². The molecule has 2 heterocycles. The van der Waals surface area contributed by atoms with Crippen LogP contribution in [0.3, 0.4) is 0 Å². The van der Waals surface area contributed by atoms with Gasteiger partial charge >= 0.3 is 0 Å². The first-order chi connectivity index (χ1) is 16.4. The number of halogens is 1. The number of hydrogen-bond donors (Lipinski definition) is 1. The van der Waals surface area contributed by atoms with Gasteiger partial charge in [0.2, 0.25) is 15.9 Å². The maximum Gasteiger partial charge on any atom is 0.243 e. The topological polar surface area (TPSA) is 97.4 Å². The number of sulfonamides is 1. The van der Waals surface area contributed by atoms with Crippen molar-refractivity contribution < 1.29 is 31.8 Å². The molecule has 0 aromatic heterocycles. The van der Waals surface area contributed by atoms with Crippen molar-refractivity contribution in [3.05, 3.63) is 48.3 Å². The molecule has 0 bridgehead atoms. The number of nitrogens with zero attached hydrogens (tertiary/aromatic N) is 2. The standard InChI is InChI=1S/C23H28FN3O6S/c24-18-2-1-3-19(16-18)33-11-6-23(28)25-21-17-20(34(29,30)27-9-14-32-15-10-27)4-5-22(21)26-7-12-31-13-8-26/h1-5,16-17H,6-15H2,(H,25,28). The molecule has 2 saturated heterocycles. The normalized spacial score (nSPS) is 17.4. The van der Waals surface area contributed by atoms with Crippen molar-refractivity contribution in [3.8, 4) is 5.75 Å². The zero-order valence-corrected chi connectivity index (χ0v) is 19.6. The summed E-state index contributed by atoms with van der Waals surface area (Å²) in [6, 6.07) is 10.5. The lowest BCUT2D eigenvalue weighted by Crippen LogP contribution is -2.40. The predicted octanol–water partition coefficient (Wildman–Crippen LogP) is 2.09. The Kier molecular flexibility index (Phi) is 7.99. The molecule has 2 aliphatic rings. The number of carbonyl (C=O) groups is 1. The minimum absolute atomic E-state index is 0.0134. The molecule has 2 aromatic rings. The number of amides is 1. The fraction of sp³-hybridized carbons (Fsp3) is 0.435. The van der Waals surface area contributed by atoms with Crippen LogP contribution in [0.5, 0.6) is 5.75 Å². The van der Waals surface area contributed by atoms with Gasteiger partial charge in [-0.15, -0.1) is 0 Å². The van der Waals surface area contributed by atoms with Crippen LogP contribution < -0.4 is 15.0 Å². The second-order valence-electron chi connectivity index (χ2n) is 7.90. The van der Waals surface area contributed by atoms with Crippen molar-refractivity contribution in [2.75, 3.05) is 69.4 Å². The Morgan fingerprint density at radius 1 is 1.00 bits per heavy atom. The molecule has 4 rings (SSSR count). The van der Waals surface area contributed by atoms with Gasteiger partial charge in [-0.1, -0.05) is 6.07 Å². The van der Waals surface area contributed by atoms with E-state index in [-0.39, 0.29) is 36.9 Å². The van der Waals surface area contributed by atoms with Gasteiger partial charge in [0.1, 0.15) is 11.6 Å². The van der Waals surface area contributed by atoms with Crippen LogP contribution >= 0.6 is 0 Å². The molecule has 0 unspecified atom stereocenters. The average molecular weight is 494 g/mol. The van der Waals surface area contributed by atoms with Crippen LogP contribution in [0.4, 0.5) is 15.8 Å². The van der Waals surface area contributed by atoms with Crippen molar-refractivity contribution in [2.24, 2.45) is 0 Å². The highest BCUT2D eigenvalue weighted by Gasteiger charge is 2.28. The van der Waals surface area contributed by atoms with Crippen LogP contribution in [0, 0.1) is 5.82 Å². The summed E-state index contributed by atoms with van der Waals surface area (Å²) in [5.74, 6) is -0.428. The maximum absolute atomic E-state index is 13.3. The highest BCUT2D eigenvalue weighted by Crippen LogP contribution is 2.31. The Morgan fingerprint density at radius 3 is 2.41 bits per heavy atom. The van der Waals surface area contributed by atoms with Gasteiger partial charge in [0.05, 0.1) is 55.7 Å². The Bertz CT molecular complexity index is 1100. The molecule has 1 amide bonds. The maximum atomic E-state index is 13.3. The molecule has 0 saturated carbocycles.